The van der Waals surface area contributed by atoms with Crippen LogP contribution in [0.5, 0.6) is 17.2 Å². The first kappa shape index (κ1) is 28.9. The molecule has 0 aromatic heterocycles. The van der Waals surface area contributed by atoms with Crippen molar-refractivity contribution in [2.24, 2.45) is 0 Å². The van der Waals surface area contributed by atoms with Gasteiger partial charge in [-0.1, -0.05) is 6.07 Å². The highest BCUT2D eigenvalue weighted by atomic mass is 127. The van der Waals surface area contributed by atoms with Gasteiger partial charge in [0.2, 0.25) is 0 Å². The molecular weight excluding hydrogens is 850 g/mol. The standard InChI is InChI=1S/C21H10F3I3O8S/c22-21(23,24)35-16-3-1-2-13(19(28)33-11-6-4-10(25)5-7-11)17(16)20(29)34-12-8-14(26)18(15(27)9-12)36(30,31)32/h1-9H,(H,30,31,32). The molecule has 1 N–H and O–H groups in total. The van der Waals surface area contributed by atoms with Crippen LogP contribution in [0.3, 0.4) is 0 Å². The molecule has 36 heavy (non-hydrogen) atoms. The first-order chi connectivity index (χ1) is 16.7. The predicted octanol–water partition coefficient (Wildman–Crippen LogP) is 6.08. The van der Waals surface area contributed by atoms with Crippen molar-refractivity contribution < 1.29 is 49.9 Å². The second-order valence-electron chi connectivity index (χ2n) is 6.65. The fourth-order valence-corrected chi connectivity index (χ4v) is 7.14. The van der Waals surface area contributed by atoms with Crippen LogP contribution in [0.4, 0.5) is 13.2 Å². The number of halogens is 6. The summed E-state index contributed by atoms with van der Waals surface area (Å²) in [5, 5.41) is 0. The summed E-state index contributed by atoms with van der Waals surface area (Å²) in [5.41, 5.74) is -1.44. The molecule has 0 heterocycles. The SMILES string of the molecule is O=C(Oc1ccc(I)cc1)c1cccc(OC(F)(F)F)c1C(=O)Oc1cc(I)c(S(=O)(=O)O)c(I)c1. The van der Waals surface area contributed by atoms with Gasteiger partial charge in [0, 0.05) is 10.7 Å². The molecule has 0 aliphatic heterocycles. The molecule has 0 spiro atoms. The van der Waals surface area contributed by atoms with E-state index in [1.165, 1.54) is 12.1 Å². The molecule has 8 nitrogen and oxygen atoms in total. The van der Waals surface area contributed by atoms with Crippen molar-refractivity contribution >= 4 is 89.8 Å². The van der Waals surface area contributed by atoms with Gasteiger partial charge in [0.25, 0.3) is 10.1 Å². The molecule has 0 amide bonds. The van der Waals surface area contributed by atoms with Gasteiger partial charge in [-0.05, 0) is 116 Å². The van der Waals surface area contributed by atoms with Crippen molar-refractivity contribution in [2.45, 2.75) is 11.3 Å². The summed E-state index contributed by atoms with van der Waals surface area (Å²) in [7, 11) is -4.60. The molecule has 0 saturated heterocycles. The number of ether oxygens (including phenoxy) is 3. The minimum Gasteiger partial charge on any atom is -0.423 e. The average molecular weight is 860 g/mol. The lowest BCUT2D eigenvalue weighted by Gasteiger charge is -2.16. The zero-order valence-corrected chi connectivity index (χ0v) is 24.5. The molecule has 3 rings (SSSR count). The molecule has 0 atom stereocenters. The summed E-state index contributed by atoms with van der Waals surface area (Å²) in [4.78, 5) is 25.4. The first-order valence-corrected chi connectivity index (χ1v) is 13.9. The van der Waals surface area contributed by atoms with E-state index in [-0.39, 0.29) is 18.6 Å². The third-order valence-electron chi connectivity index (χ3n) is 4.14. The molecule has 0 fully saturated rings. The van der Waals surface area contributed by atoms with Crippen molar-refractivity contribution in [2.75, 3.05) is 0 Å². The normalized spacial score (nSPS) is 11.6. The van der Waals surface area contributed by atoms with Gasteiger partial charge in [-0.2, -0.15) is 8.42 Å². The van der Waals surface area contributed by atoms with Gasteiger partial charge in [0.15, 0.2) is 0 Å². The zero-order chi connectivity index (χ0) is 26.8. The Balaban J connectivity index is 2.04. The summed E-state index contributed by atoms with van der Waals surface area (Å²) in [6, 6.07) is 11.2. The van der Waals surface area contributed by atoms with Crippen molar-refractivity contribution in [3.8, 4) is 17.2 Å². The minimum absolute atomic E-state index is 0.0250. The summed E-state index contributed by atoms with van der Waals surface area (Å²) in [5.74, 6) is -3.76. The van der Waals surface area contributed by atoms with Crippen molar-refractivity contribution in [1.29, 1.82) is 0 Å². The van der Waals surface area contributed by atoms with Crippen LogP contribution >= 0.6 is 67.8 Å². The third-order valence-corrected chi connectivity index (χ3v) is 8.25. The number of alkyl halides is 3. The van der Waals surface area contributed by atoms with E-state index in [0.29, 0.717) is 0 Å². The lowest BCUT2D eigenvalue weighted by Crippen LogP contribution is -2.23. The van der Waals surface area contributed by atoms with E-state index in [9.17, 15) is 35.7 Å². The number of rotatable bonds is 6. The number of carbonyl (C=O) groups is 2. The summed E-state index contributed by atoms with van der Waals surface area (Å²) >= 11 is 5.16. The molecule has 3 aromatic carbocycles. The van der Waals surface area contributed by atoms with Crippen LogP contribution < -0.4 is 14.2 Å². The Hall–Kier alpha value is -1.71. The Morgan fingerprint density at radius 2 is 1.39 bits per heavy atom. The molecule has 0 aliphatic carbocycles. The third kappa shape index (κ3) is 7.42. The van der Waals surface area contributed by atoms with E-state index in [4.69, 9.17) is 9.47 Å². The monoisotopic (exact) mass is 860 g/mol. The quantitative estimate of drug-likeness (QED) is 0.137. The Morgan fingerprint density at radius 1 is 0.833 bits per heavy atom. The molecule has 0 radical (unpaired) electrons. The van der Waals surface area contributed by atoms with Gasteiger partial charge < -0.3 is 14.2 Å². The van der Waals surface area contributed by atoms with Crippen LogP contribution in [-0.4, -0.2) is 31.3 Å². The largest absolute Gasteiger partial charge is 0.573 e. The van der Waals surface area contributed by atoms with Crippen LogP contribution in [0, 0.1) is 10.7 Å². The van der Waals surface area contributed by atoms with Gasteiger partial charge >= 0.3 is 18.3 Å². The van der Waals surface area contributed by atoms with E-state index in [2.05, 4.69) is 4.74 Å². The van der Waals surface area contributed by atoms with E-state index in [0.717, 1.165) is 33.9 Å². The molecular formula is C21H10F3I3O8S. The summed E-state index contributed by atoms with van der Waals surface area (Å²) in [6.45, 7) is 0. The molecule has 0 unspecified atom stereocenters. The minimum atomic E-state index is -5.20. The number of hydrogen-bond acceptors (Lipinski definition) is 7. The molecule has 190 valence electrons. The maximum absolute atomic E-state index is 13.0. The lowest BCUT2D eigenvalue weighted by molar-refractivity contribution is -0.274. The fraction of sp³-hybridized carbons (Fsp3) is 0.0476. The van der Waals surface area contributed by atoms with Gasteiger partial charge in [0.1, 0.15) is 27.7 Å². The maximum atomic E-state index is 13.0. The molecule has 0 saturated carbocycles. The molecule has 0 aliphatic rings. The van der Waals surface area contributed by atoms with Gasteiger partial charge in [0.05, 0.1) is 5.56 Å². The van der Waals surface area contributed by atoms with E-state index < -0.39 is 50.2 Å². The Labute approximate surface area is 242 Å². The highest BCUT2D eigenvalue weighted by Gasteiger charge is 2.35. The second kappa shape index (κ2) is 11.4. The molecule has 15 heteroatoms. The molecule has 0 bridgehead atoms. The van der Waals surface area contributed by atoms with Crippen LogP contribution in [0.25, 0.3) is 0 Å². The van der Waals surface area contributed by atoms with Gasteiger partial charge in [-0.3, -0.25) is 4.55 Å². The van der Waals surface area contributed by atoms with Gasteiger partial charge in [-0.25, -0.2) is 9.59 Å². The van der Waals surface area contributed by atoms with Crippen molar-refractivity contribution in [1.82, 2.24) is 0 Å². The number of hydrogen-bond donors (Lipinski definition) is 1. The van der Waals surface area contributed by atoms with Gasteiger partial charge in [-0.15, -0.1) is 13.2 Å². The fourth-order valence-electron chi connectivity index (χ4n) is 2.79. The Bertz CT molecular complexity index is 1420. The Kier molecular flexibility index (Phi) is 9.10. The van der Waals surface area contributed by atoms with Crippen LogP contribution in [0.2, 0.25) is 0 Å². The van der Waals surface area contributed by atoms with Crippen LogP contribution in [0.1, 0.15) is 20.7 Å². The number of esters is 2. The topological polar surface area (TPSA) is 116 Å². The van der Waals surface area contributed by atoms with E-state index >= 15 is 0 Å². The predicted molar refractivity (Wildman–Crippen MR) is 144 cm³/mol. The number of carbonyl (C=O) groups excluding carboxylic acids is 2. The van der Waals surface area contributed by atoms with Crippen LogP contribution in [0.15, 0.2) is 59.5 Å². The zero-order valence-electron chi connectivity index (χ0n) is 17.2. The van der Waals surface area contributed by atoms with E-state index in [1.807, 2.05) is 22.6 Å². The highest BCUT2D eigenvalue weighted by Crippen LogP contribution is 2.33. The van der Waals surface area contributed by atoms with E-state index in [1.54, 1.807) is 57.3 Å². The Morgan fingerprint density at radius 3 is 1.92 bits per heavy atom. The van der Waals surface area contributed by atoms with Crippen LogP contribution in [-0.2, 0) is 10.1 Å². The van der Waals surface area contributed by atoms with Crippen molar-refractivity contribution in [3.63, 3.8) is 0 Å². The first-order valence-electron chi connectivity index (χ1n) is 9.21. The maximum Gasteiger partial charge on any atom is 0.573 e. The number of benzene rings is 3. The second-order valence-corrected chi connectivity index (χ2v) is 11.6. The highest BCUT2D eigenvalue weighted by molar-refractivity contribution is 14.1. The smallest absolute Gasteiger partial charge is 0.423 e. The average Bonchev–Trinajstić information content (AvgIpc) is 2.72. The van der Waals surface area contributed by atoms with Crippen molar-refractivity contribution in [3.05, 3.63) is 76.4 Å². The lowest BCUT2D eigenvalue weighted by atomic mass is 10.1. The summed E-state index contributed by atoms with van der Waals surface area (Å²) in [6.07, 6.45) is -5.20. The summed E-state index contributed by atoms with van der Waals surface area (Å²) < 4.78 is 86.6. The molecule has 3 aromatic rings.